The Morgan fingerprint density at radius 1 is 1.33 bits per heavy atom. The second-order valence-electron chi connectivity index (χ2n) is 5.51. The van der Waals surface area contributed by atoms with Gasteiger partial charge in [0.2, 0.25) is 5.91 Å². The van der Waals surface area contributed by atoms with Crippen LogP contribution in [0.5, 0.6) is 0 Å². The molecule has 0 saturated heterocycles. The monoisotopic (exact) mass is 285 g/mol. The third-order valence-electron chi connectivity index (χ3n) is 3.60. The minimum absolute atomic E-state index is 0.0872. The molecule has 2 aromatic rings. The zero-order valence-corrected chi connectivity index (χ0v) is 13.0. The van der Waals surface area contributed by atoms with E-state index in [2.05, 4.69) is 12.0 Å². The Morgan fingerprint density at radius 3 is 2.71 bits per heavy atom. The number of hydrogen-bond donors (Lipinski definition) is 0. The molecule has 112 valence electrons. The molecule has 0 saturated carbocycles. The number of hydrogen-bond acceptors (Lipinski definition) is 2. The maximum absolute atomic E-state index is 12.2. The number of carbonyl (C=O) groups is 1. The topological polar surface area (TPSA) is 38.1 Å². The van der Waals surface area contributed by atoms with Gasteiger partial charge in [-0.1, -0.05) is 38.5 Å². The van der Waals surface area contributed by atoms with Gasteiger partial charge in [-0.15, -0.1) is 0 Å². The highest BCUT2D eigenvalue weighted by atomic mass is 16.2. The molecule has 1 unspecified atom stereocenters. The van der Waals surface area contributed by atoms with E-state index < -0.39 is 0 Å². The van der Waals surface area contributed by atoms with E-state index in [1.54, 1.807) is 4.90 Å². The van der Waals surface area contributed by atoms with E-state index in [-0.39, 0.29) is 11.8 Å². The van der Waals surface area contributed by atoms with Crippen molar-refractivity contribution in [2.24, 2.45) is 5.92 Å². The van der Waals surface area contributed by atoms with Gasteiger partial charge in [-0.25, -0.2) is 4.68 Å². The fourth-order valence-corrected chi connectivity index (χ4v) is 2.45. The van der Waals surface area contributed by atoms with Crippen LogP contribution in [-0.2, 0) is 11.3 Å². The van der Waals surface area contributed by atoms with E-state index in [1.807, 2.05) is 61.4 Å². The number of nitrogens with zero attached hydrogens (tertiary/aromatic N) is 3. The lowest BCUT2D eigenvalue weighted by Crippen LogP contribution is -2.31. The molecule has 2 rings (SSSR count). The van der Waals surface area contributed by atoms with Gasteiger partial charge in [-0.2, -0.15) is 5.10 Å². The molecule has 0 aliphatic carbocycles. The van der Waals surface area contributed by atoms with Crippen LogP contribution in [0.2, 0.25) is 0 Å². The first-order valence-corrected chi connectivity index (χ1v) is 7.45. The maximum atomic E-state index is 12.2. The van der Waals surface area contributed by atoms with E-state index in [0.717, 1.165) is 24.1 Å². The number of amides is 1. The highest BCUT2D eigenvalue weighted by molar-refractivity contribution is 5.78. The Morgan fingerprint density at radius 2 is 2.05 bits per heavy atom. The van der Waals surface area contributed by atoms with Gasteiger partial charge in [-0.3, -0.25) is 4.79 Å². The Bertz CT molecular complexity index is 577. The van der Waals surface area contributed by atoms with Crippen LogP contribution in [-0.4, -0.2) is 27.6 Å². The molecule has 0 fully saturated rings. The van der Waals surface area contributed by atoms with Crippen molar-refractivity contribution >= 4 is 5.91 Å². The molecule has 21 heavy (non-hydrogen) atoms. The summed E-state index contributed by atoms with van der Waals surface area (Å²) in [6, 6.07) is 9.97. The molecule has 1 aromatic heterocycles. The first kappa shape index (κ1) is 15.3. The summed E-state index contributed by atoms with van der Waals surface area (Å²) in [5.41, 5.74) is 2.07. The lowest BCUT2D eigenvalue weighted by Gasteiger charge is -2.20. The van der Waals surface area contributed by atoms with Gasteiger partial charge in [0.15, 0.2) is 0 Å². The lowest BCUT2D eigenvalue weighted by molar-refractivity contribution is -0.134. The summed E-state index contributed by atoms with van der Waals surface area (Å²) in [5, 5.41) is 4.36. The fraction of sp³-hybridized carbons (Fsp3) is 0.412. The average molecular weight is 285 g/mol. The molecule has 1 aromatic carbocycles. The van der Waals surface area contributed by atoms with Gasteiger partial charge in [0.05, 0.1) is 11.9 Å². The van der Waals surface area contributed by atoms with Crippen molar-refractivity contribution in [1.29, 1.82) is 0 Å². The van der Waals surface area contributed by atoms with Crippen molar-refractivity contribution < 1.29 is 4.79 Å². The highest BCUT2D eigenvalue weighted by Gasteiger charge is 2.17. The molecule has 4 nitrogen and oxygen atoms in total. The number of aromatic nitrogens is 2. The predicted molar refractivity (Wildman–Crippen MR) is 84.1 cm³/mol. The molecule has 1 amide bonds. The SMILES string of the molecule is CCCC(C)C(=O)N(C)Cc1cnn(-c2ccccc2)c1. The molecule has 0 bridgehead atoms. The molecule has 1 heterocycles. The van der Waals surface area contributed by atoms with Crippen LogP contribution in [0, 0.1) is 5.92 Å². The quantitative estimate of drug-likeness (QED) is 0.817. The summed E-state index contributed by atoms with van der Waals surface area (Å²) < 4.78 is 1.84. The van der Waals surface area contributed by atoms with Gasteiger partial charge < -0.3 is 4.90 Å². The van der Waals surface area contributed by atoms with E-state index in [9.17, 15) is 4.79 Å². The molecule has 0 aliphatic rings. The zero-order chi connectivity index (χ0) is 15.2. The molecule has 0 N–H and O–H groups in total. The van der Waals surface area contributed by atoms with Crippen LogP contribution >= 0.6 is 0 Å². The standard InChI is InChI=1S/C17H23N3O/c1-4-8-14(2)17(21)19(3)12-15-11-18-20(13-15)16-9-6-5-7-10-16/h5-7,9-11,13-14H,4,8,12H2,1-3H3. The highest BCUT2D eigenvalue weighted by Crippen LogP contribution is 2.13. The Hall–Kier alpha value is -2.10. The summed E-state index contributed by atoms with van der Waals surface area (Å²) in [6.07, 6.45) is 5.77. The van der Waals surface area contributed by atoms with Crippen LogP contribution in [0.25, 0.3) is 5.69 Å². The third-order valence-corrected chi connectivity index (χ3v) is 3.60. The van der Waals surface area contributed by atoms with Crippen LogP contribution < -0.4 is 0 Å². The first-order chi connectivity index (χ1) is 10.1. The van der Waals surface area contributed by atoms with E-state index in [4.69, 9.17) is 0 Å². The average Bonchev–Trinajstić information content (AvgIpc) is 2.96. The van der Waals surface area contributed by atoms with Crippen LogP contribution in [0.15, 0.2) is 42.7 Å². The van der Waals surface area contributed by atoms with Crippen LogP contribution in [0.4, 0.5) is 0 Å². The second-order valence-corrected chi connectivity index (χ2v) is 5.51. The number of benzene rings is 1. The summed E-state index contributed by atoms with van der Waals surface area (Å²) >= 11 is 0. The van der Waals surface area contributed by atoms with Gasteiger partial charge in [0.25, 0.3) is 0 Å². The van der Waals surface area contributed by atoms with Crippen molar-refractivity contribution in [1.82, 2.24) is 14.7 Å². The van der Waals surface area contributed by atoms with Crippen LogP contribution in [0.1, 0.15) is 32.3 Å². The summed E-state index contributed by atoms with van der Waals surface area (Å²) in [6.45, 7) is 4.70. The Kier molecular flexibility index (Phi) is 5.14. The Labute approximate surface area is 126 Å². The molecule has 0 spiro atoms. The summed E-state index contributed by atoms with van der Waals surface area (Å²) in [5.74, 6) is 0.286. The number of para-hydroxylation sites is 1. The predicted octanol–water partition coefficient (Wildman–Crippen LogP) is 3.27. The van der Waals surface area contributed by atoms with E-state index in [0.29, 0.717) is 6.54 Å². The molecule has 1 atom stereocenters. The van der Waals surface area contributed by atoms with Gasteiger partial charge in [0, 0.05) is 31.3 Å². The smallest absolute Gasteiger partial charge is 0.225 e. The second kappa shape index (κ2) is 7.07. The van der Waals surface area contributed by atoms with Gasteiger partial charge >= 0.3 is 0 Å². The number of carbonyl (C=O) groups excluding carboxylic acids is 1. The molecule has 0 radical (unpaired) electrons. The summed E-state index contributed by atoms with van der Waals surface area (Å²) in [4.78, 5) is 14.0. The van der Waals surface area contributed by atoms with Gasteiger partial charge in [0.1, 0.15) is 0 Å². The molecular formula is C17H23N3O. The lowest BCUT2D eigenvalue weighted by atomic mass is 10.0. The van der Waals surface area contributed by atoms with Crippen molar-refractivity contribution in [2.75, 3.05) is 7.05 Å². The maximum Gasteiger partial charge on any atom is 0.225 e. The largest absolute Gasteiger partial charge is 0.341 e. The van der Waals surface area contributed by atoms with Crippen molar-refractivity contribution in [3.8, 4) is 5.69 Å². The van der Waals surface area contributed by atoms with Gasteiger partial charge in [-0.05, 0) is 18.6 Å². The minimum atomic E-state index is 0.0872. The first-order valence-electron chi connectivity index (χ1n) is 7.45. The van der Waals surface area contributed by atoms with Crippen LogP contribution in [0.3, 0.4) is 0 Å². The van der Waals surface area contributed by atoms with Crippen molar-refractivity contribution in [3.05, 3.63) is 48.3 Å². The molecule has 0 aliphatic heterocycles. The zero-order valence-electron chi connectivity index (χ0n) is 13.0. The minimum Gasteiger partial charge on any atom is -0.341 e. The third kappa shape index (κ3) is 3.94. The number of rotatable bonds is 6. The fourth-order valence-electron chi connectivity index (χ4n) is 2.45. The summed E-state index contributed by atoms with van der Waals surface area (Å²) in [7, 11) is 1.86. The van der Waals surface area contributed by atoms with Crippen molar-refractivity contribution in [3.63, 3.8) is 0 Å². The normalized spacial score (nSPS) is 12.1. The molecule has 4 heteroatoms. The van der Waals surface area contributed by atoms with Crippen molar-refractivity contribution in [2.45, 2.75) is 33.2 Å². The van der Waals surface area contributed by atoms with E-state index >= 15 is 0 Å². The molecular weight excluding hydrogens is 262 g/mol. The Balaban J connectivity index is 2.01. The van der Waals surface area contributed by atoms with E-state index in [1.165, 1.54) is 0 Å².